The number of rotatable bonds is 5. The minimum absolute atomic E-state index is 0.312. The largest absolute Gasteiger partial charge is 0.310 e. The molecule has 0 aliphatic carbocycles. The van der Waals surface area contributed by atoms with Crippen molar-refractivity contribution in [2.24, 2.45) is 0 Å². The van der Waals surface area contributed by atoms with E-state index in [1.54, 1.807) is 11.3 Å². The van der Waals surface area contributed by atoms with Crippen molar-refractivity contribution < 1.29 is 0 Å². The van der Waals surface area contributed by atoms with Crippen molar-refractivity contribution in [1.82, 2.24) is 10.3 Å². The van der Waals surface area contributed by atoms with Gasteiger partial charge in [0.15, 0.2) is 0 Å². The Hall–Kier alpha value is -1.71. The van der Waals surface area contributed by atoms with E-state index in [1.807, 2.05) is 0 Å². The van der Waals surface area contributed by atoms with E-state index >= 15 is 0 Å². The van der Waals surface area contributed by atoms with Crippen molar-refractivity contribution in [3.05, 3.63) is 64.1 Å². The molecular formula is C18H20N2S. The summed E-state index contributed by atoms with van der Waals surface area (Å²) in [5.41, 5.74) is 2.48. The zero-order valence-corrected chi connectivity index (χ0v) is 13.3. The number of hydrogen-bond donors (Lipinski definition) is 1. The van der Waals surface area contributed by atoms with E-state index in [4.69, 9.17) is 0 Å². The van der Waals surface area contributed by atoms with E-state index in [0.29, 0.717) is 6.04 Å². The van der Waals surface area contributed by atoms with Crippen LogP contribution in [0.25, 0.3) is 10.8 Å². The van der Waals surface area contributed by atoms with Crippen molar-refractivity contribution in [3.63, 3.8) is 0 Å². The number of nitrogens with zero attached hydrogens (tertiary/aromatic N) is 1. The molecule has 0 spiro atoms. The van der Waals surface area contributed by atoms with E-state index < -0.39 is 0 Å². The van der Waals surface area contributed by atoms with E-state index in [1.165, 1.54) is 21.3 Å². The Morgan fingerprint density at radius 2 is 1.95 bits per heavy atom. The predicted molar refractivity (Wildman–Crippen MR) is 90.9 cm³/mol. The molecule has 0 saturated heterocycles. The molecular weight excluding hydrogens is 276 g/mol. The Balaban J connectivity index is 1.98. The predicted octanol–water partition coefficient (Wildman–Crippen LogP) is 4.50. The van der Waals surface area contributed by atoms with E-state index in [0.717, 1.165) is 18.7 Å². The normalized spacial score (nSPS) is 12.7. The summed E-state index contributed by atoms with van der Waals surface area (Å²) in [5, 5.41) is 9.57. The first kappa shape index (κ1) is 14.2. The third-order valence-corrected chi connectivity index (χ3v) is 4.68. The Bertz CT molecular complexity index is 727. The molecule has 21 heavy (non-hydrogen) atoms. The van der Waals surface area contributed by atoms with Gasteiger partial charge in [0, 0.05) is 23.5 Å². The first-order valence-electron chi connectivity index (χ1n) is 7.40. The molecule has 3 heteroatoms. The fourth-order valence-electron chi connectivity index (χ4n) is 2.76. The summed E-state index contributed by atoms with van der Waals surface area (Å²) in [5.74, 6) is 0. The number of benzene rings is 2. The van der Waals surface area contributed by atoms with Crippen LogP contribution in [-0.2, 0) is 6.42 Å². The molecule has 1 heterocycles. The van der Waals surface area contributed by atoms with Gasteiger partial charge in [-0.25, -0.2) is 4.98 Å². The second-order valence-electron chi connectivity index (χ2n) is 5.27. The summed E-state index contributed by atoms with van der Waals surface area (Å²) in [6, 6.07) is 15.5. The smallest absolute Gasteiger partial charge is 0.0947 e. The maximum Gasteiger partial charge on any atom is 0.0947 e. The fraction of sp³-hybridized carbons (Fsp3) is 0.278. The maximum absolute atomic E-state index is 4.62. The van der Waals surface area contributed by atoms with Crippen molar-refractivity contribution in [2.45, 2.75) is 26.3 Å². The lowest BCUT2D eigenvalue weighted by molar-refractivity contribution is 0.552. The van der Waals surface area contributed by atoms with Gasteiger partial charge >= 0.3 is 0 Å². The molecule has 1 atom stereocenters. The first-order chi connectivity index (χ1) is 10.3. The Morgan fingerprint density at radius 3 is 2.71 bits per heavy atom. The zero-order valence-electron chi connectivity index (χ0n) is 12.5. The Kier molecular flexibility index (Phi) is 4.32. The van der Waals surface area contributed by atoms with Crippen molar-refractivity contribution in [3.8, 4) is 0 Å². The zero-order chi connectivity index (χ0) is 14.7. The molecule has 1 aromatic heterocycles. The van der Waals surface area contributed by atoms with Crippen LogP contribution in [-0.4, -0.2) is 11.5 Å². The molecule has 1 unspecified atom stereocenters. The number of likely N-dealkylation sites (N-methyl/N-ethyl adjacent to an activating group) is 1. The quantitative estimate of drug-likeness (QED) is 0.750. The van der Waals surface area contributed by atoms with E-state index in [9.17, 15) is 0 Å². The average Bonchev–Trinajstić information content (AvgIpc) is 2.91. The summed E-state index contributed by atoms with van der Waals surface area (Å²) in [7, 11) is 0. The summed E-state index contributed by atoms with van der Waals surface area (Å²) in [6.45, 7) is 5.17. The van der Waals surface area contributed by atoms with Gasteiger partial charge in [0.1, 0.15) is 0 Å². The van der Waals surface area contributed by atoms with Gasteiger partial charge in [0.05, 0.1) is 5.01 Å². The van der Waals surface area contributed by atoms with Crippen molar-refractivity contribution in [2.75, 3.05) is 6.54 Å². The third-order valence-electron chi connectivity index (χ3n) is 3.69. The van der Waals surface area contributed by atoms with Gasteiger partial charge in [-0.3, -0.25) is 0 Å². The van der Waals surface area contributed by atoms with E-state index in [2.05, 4.69) is 72.0 Å². The van der Waals surface area contributed by atoms with Gasteiger partial charge in [-0.2, -0.15) is 0 Å². The standard InChI is InChI=1S/C18H20N2S/c1-3-19-17(11-18-20-13(2)12-21-18)16-10-6-8-14-7-4-5-9-15(14)16/h4-10,12,17,19H,3,11H2,1-2H3. The number of aromatic nitrogens is 1. The van der Waals surface area contributed by atoms with Gasteiger partial charge in [-0.05, 0) is 29.8 Å². The number of nitrogens with one attached hydrogen (secondary N) is 1. The number of thiazole rings is 1. The van der Waals surface area contributed by atoms with Crippen LogP contribution < -0.4 is 5.32 Å². The van der Waals surface area contributed by atoms with Crippen LogP contribution in [0.3, 0.4) is 0 Å². The second-order valence-corrected chi connectivity index (χ2v) is 6.21. The van der Waals surface area contributed by atoms with Crippen LogP contribution >= 0.6 is 11.3 Å². The summed E-state index contributed by atoms with van der Waals surface area (Å²) in [4.78, 5) is 4.62. The minimum atomic E-state index is 0.312. The lowest BCUT2D eigenvalue weighted by atomic mass is 9.97. The molecule has 0 fully saturated rings. The van der Waals surface area contributed by atoms with Gasteiger partial charge in [0.2, 0.25) is 0 Å². The molecule has 0 bridgehead atoms. The van der Waals surface area contributed by atoms with Crippen LogP contribution in [0, 0.1) is 6.92 Å². The van der Waals surface area contributed by atoms with Crippen LogP contribution in [0.1, 0.15) is 29.2 Å². The first-order valence-corrected chi connectivity index (χ1v) is 8.28. The summed E-state index contributed by atoms with van der Waals surface area (Å²) < 4.78 is 0. The fourth-order valence-corrected chi connectivity index (χ4v) is 3.58. The molecule has 0 saturated carbocycles. The van der Waals surface area contributed by atoms with Gasteiger partial charge < -0.3 is 5.32 Å². The number of fused-ring (bicyclic) bond motifs is 1. The molecule has 1 N–H and O–H groups in total. The highest BCUT2D eigenvalue weighted by molar-refractivity contribution is 7.09. The van der Waals surface area contributed by atoms with Crippen LogP contribution in [0.15, 0.2) is 47.8 Å². The van der Waals surface area contributed by atoms with Gasteiger partial charge in [0.25, 0.3) is 0 Å². The number of hydrogen-bond acceptors (Lipinski definition) is 3. The molecule has 0 radical (unpaired) electrons. The van der Waals surface area contributed by atoms with Crippen LogP contribution in [0.2, 0.25) is 0 Å². The highest BCUT2D eigenvalue weighted by Gasteiger charge is 2.15. The SMILES string of the molecule is CCNC(Cc1nc(C)cs1)c1cccc2ccccc12. The Morgan fingerprint density at radius 1 is 1.14 bits per heavy atom. The lowest BCUT2D eigenvalue weighted by Gasteiger charge is -2.19. The molecule has 108 valence electrons. The Labute approximate surface area is 129 Å². The number of aryl methyl sites for hydroxylation is 1. The second kappa shape index (κ2) is 6.37. The van der Waals surface area contributed by atoms with Gasteiger partial charge in [-0.1, -0.05) is 49.4 Å². The molecule has 2 aromatic carbocycles. The third kappa shape index (κ3) is 3.14. The molecule has 0 aliphatic rings. The molecule has 3 aromatic rings. The monoisotopic (exact) mass is 296 g/mol. The topological polar surface area (TPSA) is 24.9 Å². The highest BCUT2D eigenvalue weighted by atomic mass is 32.1. The highest BCUT2D eigenvalue weighted by Crippen LogP contribution is 2.27. The molecule has 2 nitrogen and oxygen atoms in total. The molecule has 3 rings (SSSR count). The van der Waals surface area contributed by atoms with Crippen molar-refractivity contribution >= 4 is 22.1 Å². The summed E-state index contributed by atoms with van der Waals surface area (Å²) in [6.07, 6.45) is 0.945. The van der Waals surface area contributed by atoms with Crippen LogP contribution in [0.5, 0.6) is 0 Å². The van der Waals surface area contributed by atoms with Gasteiger partial charge in [-0.15, -0.1) is 11.3 Å². The molecule has 0 amide bonds. The average molecular weight is 296 g/mol. The van der Waals surface area contributed by atoms with Crippen molar-refractivity contribution in [1.29, 1.82) is 0 Å². The summed E-state index contributed by atoms with van der Waals surface area (Å²) >= 11 is 1.75. The maximum atomic E-state index is 4.62. The molecule has 0 aliphatic heterocycles. The lowest BCUT2D eigenvalue weighted by Crippen LogP contribution is -2.23. The van der Waals surface area contributed by atoms with E-state index in [-0.39, 0.29) is 0 Å². The minimum Gasteiger partial charge on any atom is -0.310 e. The van der Waals surface area contributed by atoms with Crippen LogP contribution in [0.4, 0.5) is 0 Å².